The van der Waals surface area contributed by atoms with E-state index in [1.54, 1.807) is 19.2 Å². The van der Waals surface area contributed by atoms with Gasteiger partial charge in [-0.3, -0.25) is 4.79 Å². The van der Waals surface area contributed by atoms with Gasteiger partial charge in [-0.1, -0.05) is 29.8 Å². The Balaban J connectivity index is 1.69. The summed E-state index contributed by atoms with van der Waals surface area (Å²) in [6, 6.07) is 17.2. The van der Waals surface area contributed by atoms with Crippen LogP contribution in [0.5, 0.6) is 5.75 Å². The van der Waals surface area contributed by atoms with Crippen molar-refractivity contribution in [3.05, 3.63) is 81.2 Å². The van der Waals surface area contributed by atoms with Gasteiger partial charge >= 0.3 is 0 Å². The number of nitrogens with one attached hydrogen (secondary N) is 1. The van der Waals surface area contributed by atoms with Crippen LogP contribution in [0, 0.1) is 18.3 Å². The third-order valence-electron chi connectivity index (χ3n) is 5.98. The number of nitrogens with zero attached hydrogens (tertiary/aromatic N) is 2. The molecule has 5 rings (SSSR count). The Hall–Kier alpha value is -3.89. The molecule has 0 saturated heterocycles. The summed E-state index contributed by atoms with van der Waals surface area (Å²) in [6.45, 7) is 1.99. The zero-order valence-corrected chi connectivity index (χ0v) is 19.8. The van der Waals surface area contributed by atoms with E-state index in [-0.39, 0.29) is 17.0 Å². The number of methoxy groups -OCH3 is 1. The Morgan fingerprint density at radius 2 is 1.97 bits per heavy atom. The standard InChI is InChI=1S/C27H23N3O3S/c1-16-10-12-18(13-11-16)29-25(31)20-14-17-6-5-8-22(32-2)24(17)33-26(20)30-27-21(15-28)19-7-3-4-9-23(19)34-27/h5-6,8,10-14H,3-4,7,9H2,1-2H3,(H,29,31)/b30-26-. The van der Waals surface area contributed by atoms with E-state index in [1.165, 1.54) is 16.2 Å². The number of benzene rings is 2. The Bertz CT molecular complexity index is 1510. The molecular weight excluding hydrogens is 446 g/mol. The molecule has 0 spiro atoms. The van der Waals surface area contributed by atoms with Crippen LogP contribution in [0.1, 0.15) is 44.8 Å². The van der Waals surface area contributed by atoms with E-state index in [1.807, 2.05) is 43.3 Å². The van der Waals surface area contributed by atoms with Gasteiger partial charge in [0, 0.05) is 16.0 Å². The fraction of sp³-hybridized carbons (Fsp3) is 0.222. The van der Waals surface area contributed by atoms with Crippen molar-refractivity contribution in [2.75, 3.05) is 12.4 Å². The number of anilines is 1. The number of aryl methyl sites for hydroxylation is 2. The Labute approximate surface area is 201 Å². The van der Waals surface area contributed by atoms with Gasteiger partial charge < -0.3 is 14.5 Å². The fourth-order valence-corrected chi connectivity index (χ4v) is 5.41. The number of amides is 1. The average Bonchev–Trinajstić information content (AvgIpc) is 3.21. The first-order valence-electron chi connectivity index (χ1n) is 11.2. The summed E-state index contributed by atoms with van der Waals surface area (Å²) in [5, 5.41) is 14.1. The summed E-state index contributed by atoms with van der Waals surface area (Å²) in [5.41, 5.74) is 4.38. The Morgan fingerprint density at radius 1 is 1.18 bits per heavy atom. The number of hydrogen-bond donors (Lipinski definition) is 1. The van der Waals surface area contributed by atoms with E-state index in [9.17, 15) is 10.1 Å². The van der Waals surface area contributed by atoms with Crippen LogP contribution in [0.25, 0.3) is 11.0 Å². The zero-order chi connectivity index (χ0) is 23.7. The first-order chi connectivity index (χ1) is 16.6. The van der Waals surface area contributed by atoms with Crippen LogP contribution in [0.3, 0.4) is 0 Å². The molecule has 2 heterocycles. The van der Waals surface area contributed by atoms with Gasteiger partial charge in [-0.05, 0) is 62.4 Å². The lowest BCUT2D eigenvalue weighted by molar-refractivity contribution is 0.102. The van der Waals surface area contributed by atoms with Gasteiger partial charge in [0.2, 0.25) is 5.55 Å². The maximum Gasteiger partial charge on any atom is 0.261 e. The Morgan fingerprint density at radius 3 is 2.74 bits per heavy atom. The summed E-state index contributed by atoms with van der Waals surface area (Å²) in [6.07, 6.45) is 4.01. The fourth-order valence-electron chi connectivity index (χ4n) is 4.20. The van der Waals surface area contributed by atoms with Crippen molar-refractivity contribution in [2.24, 2.45) is 4.99 Å². The lowest BCUT2D eigenvalue weighted by atomic mass is 9.96. The predicted octanol–water partition coefficient (Wildman–Crippen LogP) is 6.05. The largest absolute Gasteiger partial charge is 0.493 e. The lowest BCUT2D eigenvalue weighted by Gasteiger charge is -2.09. The predicted molar refractivity (Wildman–Crippen MR) is 133 cm³/mol. The number of carbonyl (C=O) groups excluding carboxylic acids is 1. The van der Waals surface area contributed by atoms with Gasteiger partial charge in [-0.15, -0.1) is 11.3 Å². The van der Waals surface area contributed by atoms with Crippen molar-refractivity contribution < 1.29 is 13.9 Å². The first-order valence-corrected chi connectivity index (χ1v) is 12.0. The minimum absolute atomic E-state index is 0.150. The summed E-state index contributed by atoms with van der Waals surface area (Å²) in [5.74, 6) is 0.210. The van der Waals surface area contributed by atoms with Crippen LogP contribution < -0.4 is 15.6 Å². The first kappa shape index (κ1) is 21.9. The minimum atomic E-state index is -0.337. The van der Waals surface area contributed by atoms with Gasteiger partial charge in [0.15, 0.2) is 11.3 Å². The molecule has 0 fully saturated rings. The SMILES string of the molecule is COc1cccc2cc(C(=O)Nc3ccc(C)cc3)/c(=N/c3sc4c(c3C#N)CCCC4)oc12. The summed E-state index contributed by atoms with van der Waals surface area (Å²) in [7, 11) is 1.57. The van der Waals surface area contributed by atoms with Crippen LogP contribution in [0.15, 0.2) is 57.9 Å². The molecule has 4 aromatic rings. The highest BCUT2D eigenvalue weighted by molar-refractivity contribution is 7.16. The van der Waals surface area contributed by atoms with Crippen molar-refractivity contribution in [2.45, 2.75) is 32.6 Å². The summed E-state index contributed by atoms with van der Waals surface area (Å²) in [4.78, 5) is 19.3. The van der Waals surface area contributed by atoms with E-state index in [0.29, 0.717) is 27.6 Å². The van der Waals surface area contributed by atoms with E-state index < -0.39 is 0 Å². The van der Waals surface area contributed by atoms with Crippen LogP contribution in [0.2, 0.25) is 0 Å². The smallest absolute Gasteiger partial charge is 0.261 e. The molecule has 0 unspecified atom stereocenters. The molecule has 2 aromatic carbocycles. The number of ether oxygens (including phenoxy) is 1. The number of carbonyl (C=O) groups is 1. The molecular formula is C27H23N3O3S. The molecule has 1 amide bonds. The van der Waals surface area contributed by atoms with Crippen molar-refractivity contribution in [3.63, 3.8) is 0 Å². The number of nitriles is 1. The highest BCUT2D eigenvalue weighted by Gasteiger charge is 2.22. The number of rotatable bonds is 4. The van der Waals surface area contributed by atoms with E-state index in [0.717, 1.165) is 42.2 Å². The van der Waals surface area contributed by atoms with Gasteiger partial charge in [0.1, 0.15) is 16.6 Å². The van der Waals surface area contributed by atoms with Crippen molar-refractivity contribution in [1.82, 2.24) is 0 Å². The minimum Gasteiger partial charge on any atom is -0.493 e. The molecule has 1 N–H and O–H groups in total. The third-order valence-corrected chi connectivity index (χ3v) is 7.17. The second kappa shape index (κ2) is 9.16. The highest BCUT2D eigenvalue weighted by atomic mass is 32.1. The summed E-state index contributed by atoms with van der Waals surface area (Å²) < 4.78 is 11.6. The number of fused-ring (bicyclic) bond motifs is 2. The van der Waals surface area contributed by atoms with E-state index in [4.69, 9.17) is 14.1 Å². The van der Waals surface area contributed by atoms with Crippen molar-refractivity contribution in [3.8, 4) is 11.8 Å². The van der Waals surface area contributed by atoms with Gasteiger partial charge in [-0.25, -0.2) is 4.99 Å². The molecule has 0 aliphatic heterocycles. The molecule has 170 valence electrons. The molecule has 7 heteroatoms. The zero-order valence-electron chi connectivity index (χ0n) is 19.0. The molecule has 0 saturated carbocycles. The van der Waals surface area contributed by atoms with Crippen LogP contribution in [-0.4, -0.2) is 13.0 Å². The molecule has 0 bridgehead atoms. The Kier molecular flexibility index (Phi) is 5.91. The number of hydrogen-bond acceptors (Lipinski definition) is 6. The highest BCUT2D eigenvalue weighted by Crippen LogP contribution is 2.39. The van der Waals surface area contributed by atoms with E-state index in [2.05, 4.69) is 11.4 Å². The monoisotopic (exact) mass is 469 g/mol. The topological polar surface area (TPSA) is 87.6 Å². The van der Waals surface area contributed by atoms with E-state index >= 15 is 0 Å². The summed E-state index contributed by atoms with van der Waals surface area (Å²) >= 11 is 1.51. The molecule has 6 nitrogen and oxygen atoms in total. The molecule has 1 aliphatic carbocycles. The maximum absolute atomic E-state index is 13.3. The van der Waals surface area contributed by atoms with Gasteiger partial charge in [-0.2, -0.15) is 5.26 Å². The van der Waals surface area contributed by atoms with Gasteiger partial charge in [0.05, 0.1) is 12.7 Å². The lowest BCUT2D eigenvalue weighted by Crippen LogP contribution is -2.21. The number of para-hydroxylation sites is 1. The van der Waals surface area contributed by atoms with Crippen LogP contribution in [0.4, 0.5) is 10.7 Å². The maximum atomic E-state index is 13.3. The van der Waals surface area contributed by atoms with Crippen molar-refractivity contribution >= 4 is 38.9 Å². The molecule has 2 aromatic heterocycles. The second-order valence-corrected chi connectivity index (χ2v) is 9.36. The normalized spacial score (nSPS) is 13.4. The molecule has 0 atom stereocenters. The average molecular weight is 470 g/mol. The molecule has 34 heavy (non-hydrogen) atoms. The number of thiophene rings is 1. The molecule has 1 aliphatic rings. The molecule has 0 radical (unpaired) electrons. The van der Waals surface area contributed by atoms with Crippen LogP contribution in [-0.2, 0) is 12.8 Å². The van der Waals surface area contributed by atoms with Gasteiger partial charge in [0.25, 0.3) is 5.91 Å². The quantitative estimate of drug-likeness (QED) is 0.394. The second-order valence-electron chi connectivity index (χ2n) is 8.28. The van der Waals surface area contributed by atoms with Crippen molar-refractivity contribution in [1.29, 1.82) is 5.26 Å². The van der Waals surface area contributed by atoms with Crippen LogP contribution >= 0.6 is 11.3 Å². The third kappa shape index (κ3) is 4.09.